The molecule has 1 rings (SSSR count). The second kappa shape index (κ2) is 7.18. The van der Waals surface area contributed by atoms with Crippen LogP contribution in [0, 0.1) is 34.0 Å². The molecule has 0 bridgehead atoms. The van der Waals surface area contributed by atoms with Gasteiger partial charge < -0.3 is 15.4 Å². The fourth-order valence-corrected chi connectivity index (χ4v) is 1.51. The molecule has 1 aromatic rings. The molecule has 104 valence electrons. The van der Waals surface area contributed by atoms with Crippen molar-refractivity contribution in [2.45, 2.75) is 0 Å². The number of rotatable bonds is 4. The molecule has 1 aromatic carbocycles. The monoisotopic (exact) mass is 281 g/mol. The second-order valence-corrected chi connectivity index (χ2v) is 3.70. The van der Waals surface area contributed by atoms with E-state index in [1.54, 1.807) is 30.3 Å². The lowest BCUT2D eigenvalue weighted by Gasteiger charge is -2.11. The first-order valence-electron chi connectivity index (χ1n) is 5.73. The predicted octanol–water partition coefficient (Wildman–Crippen LogP) is 1.29. The largest absolute Gasteiger partial charge is 0.495 e. The number of benzene rings is 1. The van der Waals surface area contributed by atoms with Crippen molar-refractivity contribution in [2.75, 3.05) is 19.5 Å². The first-order chi connectivity index (χ1) is 10.1. The summed E-state index contributed by atoms with van der Waals surface area (Å²) in [5.74, 6) is 0.0506. The summed E-state index contributed by atoms with van der Waals surface area (Å²) in [6.45, 7) is 0. The number of anilines is 1. The van der Waals surface area contributed by atoms with Crippen LogP contribution in [-0.4, -0.2) is 20.1 Å². The average Bonchev–Trinajstić information content (AvgIpc) is 2.53. The highest BCUT2D eigenvalue weighted by atomic mass is 16.5. The minimum absolute atomic E-state index is 0.215. The van der Waals surface area contributed by atoms with E-state index < -0.39 is 0 Å². The molecule has 21 heavy (non-hydrogen) atoms. The SMILES string of the molecule is CNC(=O)c1ccc(OC)c(NC(C#N)=C(C#N)C#N)c1. The van der Waals surface area contributed by atoms with Crippen LogP contribution in [-0.2, 0) is 0 Å². The van der Waals surface area contributed by atoms with Crippen LogP contribution in [0.1, 0.15) is 10.4 Å². The number of ether oxygens (including phenoxy) is 1. The summed E-state index contributed by atoms with van der Waals surface area (Å²) in [6.07, 6.45) is 0. The number of carbonyl (C=O) groups excluding carboxylic acids is 1. The molecule has 0 atom stereocenters. The third-order valence-electron chi connectivity index (χ3n) is 2.53. The van der Waals surface area contributed by atoms with E-state index in [1.165, 1.54) is 20.2 Å². The predicted molar refractivity (Wildman–Crippen MR) is 73.9 cm³/mol. The lowest BCUT2D eigenvalue weighted by atomic mass is 10.1. The van der Waals surface area contributed by atoms with E-state index in [4.69, 9.17) is 20.5 Å². The van der Waals surface area contributed by atoms with Crippen molar-refractivity contribution in [3.63, 3.8) is 0 Å². The Bertz CT molecular complexity index is 700. The maximum atomic E-state index is 11.6. The van der Waals surface area contributed by atoms with Crippen LogP contribution in [0.25, 0.3) is 0 Å². The van der Waals surface area contributed by atoms with Gasteiger partial charge in [-0.15, -0.1) is 0 Å². The summed E-state index contributed by atoms with van der Waals surface area (Å²) in [5.41, 5.74) is 0.0731. The number of methoxy groups -OCH3 is 1. The van der Waals surface area contributed by atoms with Crippen LogP contribution >= 0.6 is 0 Å². The van der Waals surface area contributed by atoms with Crippen LogP contribution in [0.5, 0.6) is 5.75 Å². The summed E-state index contributed by atoms with van der Waals surface area (Å²) in [7, 11) is 2.91. The van der Waals surface area contributed by atoms with Gasteiger partial charge in [-0.05, 0) is 18.2 Å². The van der Waals surface area contributed by atoms with Gasteiger partial charge >= 0.3 is 0 Å². The molecular formula is C14H11N5O2. The zero-order valence-corrected chi connectivity index (χ0v) is 11.4. The van der Waals surface area contributed by atoms with Crippen molar-refractivity contribution >= 4 is 11.6 Å². The minimum atomic E-state index is -0.357. The van der Waals surface area contributed by atoms with Gasteiger partial charge in [0.2, 0.25) is 0 Å². The van der Waals surface area contributed by atoms with Crippen molar-refractivity contribution < 1.29 is 9.53 Å². The second-order valence-electron chi connectivity index (χ2n) is 3.70. The molecule has 0 heterocycles. The summed E-state index contributed by atoms with van der Waals surface area (Å²) < 4.78 is 5.11. The van der Waals surface area contributed by atoms with Crippen LogP contribution in [0.4, 0.5) is 5.69 Å². The van der Waals surface area contributed by atoms with Crippen LogP contribution < -0.4 is 15.4 Å². The number of nitrogens with one attached hydrogen (secondary N) is 2. The number of amides is 1. The van der Waals surface area contributed by atoms with Crippen molar-refractivity contribution in [3.05, 3.63) is 35.0 Å². The Balaban J connectivity index is 3.33. The molecule has 0 saturated heterocycles. The smallest absolute Gasteiger partial charge is 0.251 e. The van der Waals surface area contributed by atoms with Gasteiger partial charge in [-0.1, -0.05) is 0 Å². The highest BCUT2D eigenvalue weighted by Crippen LogP contribution is 2.27. The van der Waals surface area contributed by atoms with E-state index in [-0.39, 0.29) is 17.2 Å². The van der Waals surface area contributed by atoms with Crippen molar-refractivity contribution in [2.24, 2.45) is 0 Å². The molecule has 1 amide bonds. The molecule has 0 aromatic heterocycles. The van der Waals surface area contributed by atoms with Gasteiger partial charge in [-0.25, -0.2) is 0 Å². The van der Waals surface area contributed by atoms with E-state index in [0.29, 0.717) is 17.0 Å². The zero-order chi connectivity index (χ0) is 15.8. The quantitative estimate of drug-likeness (QED) is 0.802. The van der Waals surface area contributed by atoms with Gasteiger partial charge in [-0.3, -0.25) is 4.79 Å². The Labute approximate surface area is 121 Å². The fraction of sp³-hybridized carbons (Fsp3) is 0.143. The third kappa shape index (κ3) is 3.50. The van der Waals surface area contributed by atoms with Crippen LogP contribution in [0.15, 0.2) is 29.5 Å². The average molecular weight is 281 g/mol. The molecule has 2 N–H and O–H groups in total. The summed E-state index contributed by atoms with van der Waals surface area (Å²) in [5, 5.41) is 31.7. The number of nitrogens with zero attached hydrogens (tertiary/aromatic N) is 3. The van der Waals surface area contributed by atoms with Crippen molar-refractivity contribution in [3.8, 4) is 24.0 Å². The molecule has 0 aliphatic heterocycles. The van der Waals surface area contributed by atoms with Crippen LogP contribution in [0.2, 0.25) is 0 Å². The van der Waals surface area contributed by atoms with E-state index in [2.05, 4.69) is 10.6 Å². The molecule has 0 fully saturated rings. The highest BCUT2D eigenvalue weighted by Gasteiger charge is 2.12. The Hall–Kier alpha value is -3.50. The van der Waals surface area contributed by atoms with Gasteiger partial charge in [0.25, 0.3) is 5.91 Å². The Morgan fingerprint density at radius 3 is 2.33 bits per heavy atom. The maximum Gasteiger partial charge on any atom is 0.251 e. The minimum Gasteiger partial charge on any atom is -0.495 e. The molecule has 7 nitrogen and oxygen atoms in total. The van der Waals surface area contributed by atoms with Gasteiger partial charge in [0.05, 0.1) is 12.8 Å². The molecule has 0 aliphatic carbocycles. The summed E-state index contributed by atoms with van der Waals surface area (Å²) in [6, 6.07) is 9.53. The van der Waals surface area contributed by atoms with E-state index in [1.807, 2.05) is 0 Å². The standard InChI is InChI=1S/C14H11N5O2/c1-18-14(20)9-3-4-13(21-2)11(5-9)19-12(8-17)10(6-15)7-16/h3-5,19H,1-2H3,(H,18,20). The Morgan fingerprint density at radius 2 is 1.86 bits per heavy atom. The van der Waals surface area contributed by atoms with Crippen molar-refractivity contribution in [1.29, 1.82) is 15.8 Å². The number of hydrogen-bond acceptors (Lipinski definition) is 6. The summed E-state index contributed by atoms with van der Waals surface area (Å²) in [4.78, 5) is 11.6. The normalized spacial score (nSPS) is 8.52. The lowest BCUT2D eigenvalue weighted by Crippen LogP contribution is -2.18. The molecule has 0 spiro atoms. The van der Waals surface area contributed by atoms with Gasteiger partial charge in [0, 0.05) is 12.6 Å². The summed E-state index contributed by atoms with van der Waals surface area (Å²) >= 11 is 0. The maximum absolute atomic E-state index is 11.6. The number of hydrogen-bond donors (Lipinski definition) is 2. The van der Waals surface area contributed by atoms with E-state index in [9.17, 15) is 4.79 Å². The highest BCUT2D eigenvalue weighted by molar-refractivity contribution is 5.95. The Morgan fingerprint density at radius 1 is 1.19 bits per heavy atom. The van der Waals surface area contributed by atoms with E-state index in [0.717, 1.165) is 0 Å². The van der Waals surface area contributed by atoms with Gasteiger partial charge in [-0.2, -0.15) is 15.8 Å². The van der Waals surface area contributed by atoms with Crippen LogP contribution in [0.3, 0.4) is 0 Å². The number of allylic oxidation sites excluding steroid dienone is 2. The van der Waals surface area contributed by atoms with Crippen molar-refractivity contribution in [1.82, 2.24) is 5.32 Å². The zero-order valence-electron chi connectivity index (χ0n) is 11.4. The lowest BCUT2D eigenvalue weighted by molar-refractivity contribution is 0.0963. The number of nitriles is 3. The molecular weight excluding hydrogens is 270 g/mol. The Kier molecular flexibility index (Phi) is 5.32. The third-order valence-corrected chi connectivity index (χ3v) is 2.53. The first kappa shape index (κ1) is 15.6. The molecule has 0 saturated carbocycles. The molecule has 0 radical (unpaired) electrons. The van der Waals surface area contributed by atoms with E-state index >= 15 is 0 Å². The molecule has 0 unspecified atom stereocenters. The van der Waals surface area contributed by atoms with Gasteiger partial charge in [0.15, 0.2) is 5.57 Å². The topological polar surface area (TPSA) is 122 Å². The first-order valence-corrected chi connectivity index (χ1v) is 5.73. The molecule has 0 aliphatic rings. The van der Waals surface area contributed by atoms with Gasteiger partial charge in [0.1, 0.15) is 29.7 Å². The fourth-order valence-electron chi connectivity index (χ4n) is 1.51. The number of carbonyl (C=O) groups is 1. The molecule has 7 heteroatoms.